The van der Waals surface area contributed by atoms with Crippen LogP contribution in [0.25, 0.3) is 11.1 Å². The highest BCUT2D eigenvalue weighted by molar-refractivity contribution is 7.99. The number of carbonyl (C=O) groups excluding carboxylic acids is 2. The second-order valence-electron chi connectivity index (χ2n) is 19.8. The Kier molecular flexibility index (Phi) is 16.3. The van der Waals surface area contributed by atoms with E-state index in [1.807, 2.05) is 99.3 Å². The van der Waals surface area contributed by atoms with E-state index in [1.54, 1.807) is 23.9 Å². The van der Waals surface area contributed by atoms with E-state index >= 15 is 0 Å². The molecule has 2 N–H and O–H groups in total. The number of nitrogens with one attached hydrogen (secondary N) is 2. The van der Waals surface area contributed by atoms with Crippen LogP contribution < -0.4 is 14.9 Å². The number of nitrogens with zero attached hydrogens (tertiary/aromatic N) is 6. The number of rotatable bonds is 18. The average Bonchev–Trinajstić information content (AvgIpc) is 3.94. The zero-order chi connectivity index (χ0) is 50.5. The van der Waals surface area contributed by atoms with Crippen molar-refractivity contribution in [1.82, 2.24) is 24.3 Å². The molecule has 0 saturated carbocycles. The molecule has 5 aromatic carbocycles. The molecule has 0 radical (unpaired) electrons. The van der Waals surface area contributed by atoms with Crippen molar-refractivity contribution < 1.29 is 27.7 Å². The van der Waals surface area contributed by atoms with Gasteiger partial charge in [-0.1, -0.05) is 60.1 Å². The number of thioether (sulfide) groups is 1. The van der Waals surface area contributed by atoms with E-state index in [4.69, 9.17) is 16.3 Å². The van der Waals surface area contributed by atoms with Gasteiger partial charge in [0.25, 0.3) is 21.6 Å². The van der Waals surface area contributed by atoms with Gasteiger partial charge in [-0.05, 0) is 137 Å². The molecule has 3 fully saturated rings. The summed E-state index contributed by atoms with van der Waals surface area (Å²) >= 11 is 7.92. The summed E-state index contributed by atoms with van der Waals surface area (Å²) in [6, 6.07) is 35.3. The molecule has 0 spiro atoms. The first kappa shape index (κ1) is 51.7. The van der Waals surface area contributed by atoms with Crippen molar-refractivity contribution in [2.75, 3.05) is 75.9 Å². The van der Waals surface area contributed by atoms with Crippen molar-refractivity contribution in [1.29, 1.82) is 0 Å². The molecule has 2 bridgehead atoms. The summed E-state index contributed by atoms with van der Waals surface area (Å²) in [5, 5.41) is 16.3. The van der Waals surface area contributed by atoms with Gasteiger partial charge in [-0.15, -0.1) is 11.8 Å². The van der Waals surface area contributed by atoms with E-state index in [-0.39, 0.29) is 34.3 Å². The van der Waals surface area contributed by atoms with Crippen molar-refractivity contribution in [3.63, 3.8) is 0 Å². The fraction of sp³-hybridized carbons (Fsp3) is 0.396. The van der Waals surface area contributed by atoms with Gasteiger partial charge in [0, 0.05) is 103 Å². The zero-order valence-electron chi connectivity index (χ0n) is 40.9. The number of amides is 2. The Morgan fingerprint density at radius 3 is 2.25 bits per heavy atom. The first-order valence-electron chi connectivity index (χ1n) is 24.0. The second kappa shape index (κ2) is 22.4. The maximum absolute atomic E-state index is 13.5. The number of hydrogen-bond donors (Lipinski definition) is 2. The molecule has 3 aliphatic rings. The molecule has 3 atom stereocenters. The molecule has 3 saturated heterocycles. The predicted molar refractivity (Wildman–Crippen MR) is 282 cm³/mol. The Labute approximate surface area is 426 Å². The van der Waals surface area contributed by atoms with E-state index in [0.29, 0.717) is 29.8 Å². The minimum Gasteiger partial charge on any atom is -0.444 e. The van der Waals surface area contributed by atoms with Crippen LogP contribution in [0.5, 0.6) is 0 Å². The molecule has 3 aliphatic heterocycles. The van der Waals surface area contributed by atoms with Crippen LogP contribution in [0, 0.1) is 10.1 Å². The molecular formula is C53H63ClN8O7S2. The lowest BCUT2D eigenvalue weighted by Gasteiger charge is -2.37. The van der Waals surface area contributed by atoms with E-state index in [2.05, 4.69) is 55.1 Å². The Morgan fingerprint density at radius 1 is 0.887 bits per heavy atom. The number of sulfonamides is 1. The van der Waals surface area contributed by atoms with Gasteiger partial charge in [-0.25, -0.2) is 17.9 Å². The number of nitro groups is 1. The largest absolute Gasteiger partial charge is 0.444 e. The van der Waals surface area contributed by atoms with Crippen molar-refractivity contribution in [2.24, 2.45) is 0 Å². The van der Waals surface area contributed by atoms with E-state index in [1.165, 1.54) is 23.3 Å². The minimum absolute atomic E-state index is 0.139. The van der Waals surface area contributed by atoms with Crippen molar-refractivity contribution >= 4 is 62.4 Å². The second-order valence-corrected chi connectivity index (χ2v) is 23.1. The van der Waals surface area contributed by atoms with Crippen LogP contribution in [0.2, 0.25) is 5.02 Å². The quantitative estimate of drug-likeness (QED) is 0.0487. The van der Waals surface area contributed by atoms with Gasteiger partial charge in [0.15, 0.2) is 0 Å². The molecular weight excluding hydrogens is 960 g/mol. The van der Waals surface area contributed by atoms with Gasteiger partial charge < -0.3 is 24.8 Å². The van der Waals surface area contributed by atoms with Gasteiger partial charge in [-0.2, -0.15) is 0 Å². The highest BCUT2D eigenvalue weighted by atomic mass is 35.5. The Balaban J connectivity index is 0.875. The summed E-state index contributed by atoms with van der Waals surface area (Å²) in [5.74, 6) is -0.212. The number of halogens is 1. The normalized spacial score (nSPS) is 17.9. The Bertz CT molecular complexity index is 2790. The third kappa shape index (κ3) is 13.4. The van der Waals surface area contributed by atoms with Gasteiger partial charge in [0.05, 0.1) is 9.82 Å². The molecule has 15 nitrogen and oxygen atoms in total. The van der Waals surface area contributed by atoms with E-state index < -0.39 is 32.1 Å². The molecule has 0 aromatic heterocycles. The Hall–Kier alpha value is -5.69. The van der Waals surface area contributed by atoms with Crippen LogP contribution in [0.15, 0.2) is 125 Å². The lowest BCUT2D eigenvalue weighted by molar-refractivity contribution is -0.384. The van der Waals surface area contributed by atoms with Crippen molar-refractivity contribution in [3.8, 4) is 11.1 Å². The number of benzene rings is 5. The maximum atomic E-state index is 13.5. The maximum Gasteiger partial charge on any atom is 0.410 e. The predicted octanol–water partition coefficient (Wildman–Crippen LogP) is 9.07. The number of hydrogen-bond acceptors (Lipinski definition) is 13. The highest BCUT2D eigenvalue weighted by Crippen LogP contribution is 2.35. The first-order chi connectivity index (χ1) is 33.9. The first-order valence-corrected chi connectivity index (χ1v) is 26.9. The third-order valence-electron chi connectivity index (χ3n) is 13.1. The summed E-state index contributed by atoms with van der Waals surface area (Å²) in [6.07, 6.45) is 1.42. The molecule has 3 heterocycles. The number of piperazine rings is 2. The molecule has 1 unspecified atom stereocenters. The molecule has 18 heteroatoms. The number of likely N-dealkylation sites (tertiary alicyclic amines) is 2. The third-order valence-corrected chi connectivity index (χ3v) is 15.9. The molecule has 5 aromatic rings. The summed E-state index contributed by atoms with van der Waals surface area (Å²) in [6.45, 7) is 12.6. The van der Waals surface area contributed by atoms with E-state index in [9.17, 15) is 28.1 Å². The molecule has 376 valence electrons. The van der Waals surface area contributed by atoms with Crippen molar-refractivity contribution in [2.45, 2.75) is 80.2 Å². The van der Waals surface area contributed by atoms with Crippen LogP contribution in [0.3, 0.4) is 0 Å². The standard InChI is InChI=1S/C53H63ClN8O7S2/c1-53(2,3)69-52(64)61-35-44-30-45(61)34-60(44)32-37-11-21-48(38-12-16-41(54)17-13-38)40(29-37)33-58-25-27-59(28-26-58)43-18-14-39(15-19-43)51(63)56-71(67,68)47-20-22-49(50(31-47)62(65)66)55-42(23-24-57(4)5)36-70-46-9-7-6-8-10-46/h6-22,29,31,42,44-45,55H,23-28,30,32-36H2,1-5H3,(H,56,63)/t42?,44-,45-/m1/s1. The lowest BCUT2D eigenvalue weighted by atomic mass is 9.96. The van der Waals surface area contributed by atoms with Crippen LogP contribution in [-0.2, 0) is 27.8 Å². The van der Waals surface area contributed by atoms with Gasteiger partial charge >= 0.3 is 6.09 Å². The average molecular weight is 1020 g/mol. The number of anilines is 2. The zero-order valence-corrected chi connectivity index (χ0v) is 43.3. The topological polar surface area (TPSA) is 161 Å². The number of carbonyl (C=O) groups is 2. The summed E-state index contributed by atoms with van der Waals surface area (Å²) in [5.41, 5.74) is 5.02. The fourth-order valence-electron chi connectivity index (χ4n) is 9.47. The van der Waals surface area contributed by atoms with E-state index in [0.717, 1.165) is 86.6 Å². The van der Waals surface area contributed by atoms with Gasteiger partial charge in [0.2, 0.25) is 0 Å². The minimum atomic E-state index is -4.47. The van der Waals surface area contributed by atoms with Gasteiger partial charge in [0.1, 0.15) is 11.3 Å². The van der Waals surface area contributed by atoms with Crippen LogP contribution in [0.4, 0.5) is 21.9 Å². The van der Waals surface area contributed by atoms with Crippen LogP contribution in [0.1, 0.15) is 55.1 Å². The number of ether oxygens (including phenoxy) is 1. The fourth-order valence-corrected chi connectivity index (χ4v) is 11.6. The lowest BCUT2D eigenvalue weighted by Crippen LogP contribution is -2.49. The summed E-state index contributed by atoms with van der Waals surface area (Å²) < 4.78 is 34.8. The number of fused-ring (bicyclic) bond motifs is 2. The smallest absolute Gasteiger partial charge is 0.410 e. The Morgan fingerprint density at radius 2 is 1.61 bits per heavy atom. The summed E-state index contributed by atoms with van der Waals surface area (Å²) in [4.78, 5) is 49.7. The van der Waals surface area contributed by atoms with Crippen molar-refractivity contribution in [3.05, 3.63) is 147 Å². The molecule has 71 heavy (non-hydrogen) atoms. The SMILES string of the molecule is CN(C)CCC(CSc1ccccc1)Nc1ccc(S(=O)(=O)NC(=O)c2ccc(N3CCN(Cc4cc(CN5C[C@H]6C[C@@H]5CN6C(=O)OC(C)(C)C)ccc4-c4ccc(Cl)cc4)CC3)cc2)cc1[N+](=O)[O-]. The highest BCUT2D eigenvalue weighted by Gasteiger charge is 2.46. The number of nitro benzene ring substituents is 1. The van der Waals surface area contributed by atoms with Gasteiger partial charge in [-0.3, -0.25) is 24.7 Å². The molecule has 0 aliphatic carbocycles. The van der Waals surface area contributed by atoms with Crippen LogP contribution in [-0.4, -0.2) is 134 Å². The summed E-state index contributed by atoms with van der Waals surface area (Å²) in [7, 11) is -0.551. The molecule has 2 amide bonds. The molecule has 8 rings (SSSR count). The van der Waals surface area contributed by atoms with Crippen LogP contribution >= 0.6 is 23.4 Å². The monoisotopic (exact) mass is 1020 g/mol.